The van der Waals surface area contributed by atoms with Crippen LogP contribution >= 0.6 is 11.3 Å². The van der Waals surface area contributed by atoms with Crippen LogP contribution in [0.2, 0.25) is 0 Å². The lowest BCUT2D eigenvalue weighted by Crippen LogP contribution is -2.31. The van der Waals surface area contributed by atoms with E-state index in [1.54, 1.807) is 23.1 Å². The van der Waals surface area contributed by atoms with Crippen LogP contribution in [0.3, 0.4) is 0 Å². The second-order valence-electron chi connectivity index (χ2n) is 5.94. The van der Waals surface area contributed by atoms with Gasteiger partial charge in [0.15, 0.2) is 0 Å². The van der Waals surface area contributed by atoms with Gasteiger partial charge in [0.1, 0.15) is 10.8 Å². The normalized spacial score (nSPS) is 10.7. The fraction of sp³-hybridized carbons (Fsp3) is 0.278. The van der Waals surface area contributed by atoms with Crippen LogP contribution < -0.4 is 10.6 Å². The number of aromatic nitrogens is 3. The highest BCUT2D eigenvalue weighted by molar-refractivity contribution is 7.13. The van der Waals surface area contributed by atoms with Gasteiger partial charge in [-0.3, -0.25) is 10.00 Å². The molecule has 0 spiro atoms. The number of nitrogens with one attached hydrogen (secondary N) is 2. The number of carbonyl (C=O) groups is 1. The summed E-state index contributed by atoms with van der Waals surface area (Å²) < 4.78 is 1.64. The molecule has 3 rings (SSSR count). The Morgan fingerprint density at radius 1 is 1.24 bits per heavy atom. The number of benzene rings is 1. The van der Waals surface area contributed by atoms with E-state index in [1.165, 1.54) is 5.56 Å². The molecule has 0 radical (unpaired) electrons. The number of hydrogen-bond acceptors (Lipinski definition) is 4. The zero-order valence-electron chi connectivity index (χ0n) is 14.5. The molecule has 0 saturated heterocycles. The van der Waals surface area contributed by atoms with Crippen molar-refractivity contribution in [2.75, 3.05) is 11.9 Å². The smallest absolute Gasteiger partial charge is 0.320 e. The first-order valence-electron chi connectivity index (χ1n) is 8.08. The Morgan fingerprint density at radius 2 is 2.00 bits per heavy atom. The Morgan fingerprint density at radius 3 is 2.68 bits per heavy atom. The number of nitrogens with zero attached hydrogens (tertiary/aromatic N) is 3. The number of amides is 2. The van der Waals surface area contributed by atoms with Crippen molar-refractivity contribution in [2.45, 2.75) is 20.3 Å². The number of anilines is 1. The second kappa shape index (κ2) is 7.48. The SMILES string of the molecule is Cc1ccc(-c2nc(CCNC(=O)Nc3cc(C)nn3C)cs2)cc1. The van der Waals surface area contributed by atoms with E-state index >= 15 is 0 Å². The minimum absolute atomic E-state index is 0.239. The molecule has 2 amide bonds. The van der Waals surface area contributed by atoms with Crippen LogP contribution in [-0.2, 0) is 13.5 Å². The molecule has 0 atom stereocenters. The van der Waals surface area contributed by atoms with Gasteiger partial charge in [0.2, 0.25) is 0 Å². The maximum atomic E-state index is 11.9. The monoisotopic (exact) mass is 355 g/mol. The van der Waals surface area contributed by atoms with Crippen LogP contribution in [0.15, 0.2) is 35.7 Å². The topological polar surface area (TPSA) is 71.8 Å². The first-order chi connectivity index (χ1) is 12.0. The first kappa shape index (κ1) is 17.2. The van der Waals surface area contributed by atoms with Gasteiger partial charge in [0, 0.05) is 37.0 Å². The van der Waals surface area contributed by atoms with Crippen LogP contribution in [0, 0.1) is 13.8 Å². The van der Waals surface area contributed by atoms with Gasteiger partial charge in [-0.05, 0) is 13.8 Å². The highest BCUT2D eigenvalue weighted by Crippen LogP contribution is 2.24. The van der Waals surface area contributed by atoms with Crippen molar-refractivity contribution in [2.24, 2.45) is 7.05 Å². The lowest BCUT2D eigenvalue weighted by molar-refractivity contribution is 0.252. The van der Waals surface area contributed by atoms with Crippen molar-refractivity contribution < 1.29 is 4.79 Å². The summed E-state index contributed by atoms with van der Waals surface area (Å²) in [6.07, 6.45) is 0.695. The molecular formula is C18H21N5OS. The molecule has 25 heavy (non-hydrogen) atoms. The Balaban J connectivity index is 1.50. The maximum Gasteiger partial charge on any atom is 0.320 e. The van der Waals surface area contributed by atoms with E-state index in [-0.39, 0.29) is 6.03 Å². The molecule has 2 heterocycles. The van der Waals surface area contributed by atoms with Crippen LogP contribution in [0.1, 0.15) is 17.0 Å². The third-order valence-electron chi connectivity index (χ3n) is 3.76. The minimum atomic E-state index is -0.239. The Kier molecular flexibility index (Phi) is 5.14. The van der Waals surface area contributed by atoms with Crippen LogP contribution in [0.4, 0.5) is 10.6 Å². The Bertz CT molecular complexity index is 866. The Hall–Kier alpha value is -2.67. The first-order valence-corrected chi connectivity index (χ1v) is 8.96. The van der Waals surface area contributed by atoms with Crippen LogP contribution in [-0.4, -0.2) is 27.3 Å². The van der Waals surface area contributed by atoms with Crippen molar-refractivity contribution in [1.29, 1.82) is 0 Å². The molecule has 0 aliphatic rings. The highest BCUT2D eigenvalue weighted by Gasteiger charge is 2.08. The van der Waals surface area contributed by atoms with Gasteiger partial charge in [-0.2, -0.15) is 5.10 Å². The lowest BCUT2D eigenvalue weighted by atomic mass is 10.2. The maximum absolute atomic E-state index is 11.9. The summed E-state index contributed by atoms with van der Waals surface area (Å²) in [5.74, 6) is 0.672. The van der Waals surface area contributed by atoms with Gasteiger partial charge >= 0.3 is 6.03 Å². The quantitative estimate of drug-likeness (QED) is 0.735. The molecule has 6 nitrogen and oxygen atoms in total. The van der Waals surface area contributed by atoms with Crippen molar-refractivity contribution in [1.82, 2.24) is 20.1 Å². The van der Waals surface area contributed by atoms with E-state index in [0.717, 1.165) is 22.0 Å². The molecule has 0 unspecified atom stereocenters. The summed E-state index contributed by atoms with van der Waals surface area (Å²) in [5.41, 5.74) is 4.21. The molecule has 0 bridgehead atoms. The summed E-state index contributed by atoms with van der Waals surface area (Å²) in [5, 5.41) is 12.9. The standard InChI is InChI=1S/C18H21N5OS/c1-12-4-6-14(7-5-12)17-20-15(11-25-17)8-9-19-18(24)21-16-10-13(2)22-23(16)3/h4-7,10-11H,8-9H2,1-3H3,(H2,19,21,24). The van der Waals surface area contributed by atoms with Crippen molar-refractivity contribution >= 4 is 23.2 Å². The molecule has 0 fully saturated rings. The van der Waals surface area contributed by atoms with Crippen molar-refractivity contribution in [3.05, 3.63) is 52.7 Å². The van der Waals surface area contributed by atoms with Crippen LogP contribution in [0.25, 0.3) is 10.6 Å². The summed E-state index contributed by atoms with van der Waals surface area (Å²) in [4.78, 5) is 16.6. The summed E-state index contributed by atoms with van der Waals surface area (Å²) >= 11 is 1.62. The van der Waals surface area contributed by atoms with E-state index in [1.807, 2.05) is 18.4 Å². The fourth-order valence-corrected chi connectivity index (χ4v) is 3.30. The number of urea groups is 1. The molecule has 0 aliphatic heterocycles. The number of rotatable bonds is 5. The van der Waals surface area contributed by atoms with Gasteiger partial charge in [-0.15, -0.1) is 11.3 Å². The highest BCUT2D eigenvalue weighted by atomic mass is 32.1. The summed E-state index contributed by atoms with van der Waals surface area (Å²) in [6.45, 7) is 4.48. The second-order valence-corrected chi connectivity index (χ2v) is 6.79. The molecule has 0 saturated carbocycles. The average Bonchev–Trinajstić information content (AvgIpc) is 3.15. The van der Waals surface area contributed by atoms with Crippen molar-refractivity contribution in [3.63, 3.8) is 0 Å². The fourth-order valence-electron chi connectivity index (χ4n) is 2.44. The predicted molar refractivity (Wildman–Crippen MR) is 101 cm³/mol. The molecule has 2 aromatic heterocycles. The van der Waals surface area contributed by atoms with Gasteiger partial charge < -0.3 is 5.32 Å². The minimum Gasteiger partial charge on any atom is -0.337 e. The Labute approximate surface area is 150 Å². The number of aryl methyl sites for hydroxylation is 3. The lowest BCUT2D eigenvalue weighted by Gasteiger charge is -2.06. The zero-order valence-corrected chi connectivity index (χ0v) is 15.4. The van der Waals surface area contributed by atoms with Gasteiger partial charge in [0.25, 0.3) is 0 Å². The van der Waals surface area contributed by atoms with Crippen LogP contribution in [0.5, 0.6) is 0 Å². The third kappa shape index (κ3) is 4.45. The molecule has 0 aliphatic carbocycles. The van der Waals surface area contributed by atoms with E-state index < -0.39 is 0 Å². The van der Waals surface area contributed by atoms with Gasteiger partial charge in [-0.1, -0.05) is 29.8 Å². The summed E-state index contributed by atoms with van der Waals surface area (Å²) in [6, 6.07) is 9.93. The number of carbonyl (C=O) groups excluding carboxylic acids is 1. The molecular weight excluding hydrogens is 334 g/mol. The van der Waals surface area contributed by atoms with Gasteiger partial charge in [-0.25, -0.2) is 9.78 Å². The molecule has 2 N–H and O–H groups in total. The number of thiazole rings is 1. The van der Waals surface area contributed by atoms with Crippen molar-refractivity contribution in [3.8, 4) is 10.6 Å². The summed E-state index contributed by atoms with van der Waals surface area (Å²) in [7, 11) is 1.80. The third-order valence-corrected chi connectivity index (χ3v) is 4.70. The molecule has 1 aromatic carbocycles. The average molecular weight is 355 g/mol. The van der Waals surface area contributed by atoms with E-state index in [4.69, 9.17) is 0 Å². The van der Waals surface area contributed by atoms with E-state index in [2.05, 4.69) is 51.9 Å². The molecule has 7 heteroatoms. The number of hydrogen-bond donors (Lipinski definition) is 2. The van der Waals surface area contributed by atoms with E-state index in [9.17, 15) is 4.79 Å². The molecule has 130 valence electrons. The predicted octanol–water partition coefficient (Wildman–Crippen LogP) is 3.52. The molecule has 3 aromatic rings. The van der Waals surface area contributed by atoms with E-state index in [0.29, 0.717) is 18.8 Å². The zero-order chi connectivity index (χ0) is 17.8. The largest absolute Gasteiger partial charge is 0.337 e. The van der Waals surface area contributed by atoms with Gasteiger partial charge in [0.05, 0.1) is 11.4 Å².